The molecule has 2 aromatic carbocycles. The van der Waals surface area contributed by atoms with E-state index in [-0.39, 0.29) is 0 Å². The second-order valence-electron chi connectivity index (χ2n) is 4.74. The number of aromatic nitrogens is 1. The second-order valence-corrected chi connectivity index (χ2v) is 5.77. The van der Waals surface area contributed by atoms with Gasteiger partial charge in [0.25, 0.3) is 0 Å². The van der Waals surface area contributed by atoms with Crippen LogP contribution in [0.1, 0.15) is 17.2 Å². The zero-order chi connectivity index (χ0) is 14.8. The molecule has 21 heavy (non-hydrogen) atoms. The van der Waals surface area contributed by atoms with Gasteiger partial charge in [-0.25, -0.2) is 0 Å². The monoisotopic (exact) mass is 295 g/mol. The standard InChI is InChI=1S/C16H13N3OS/c17-9-11-5-7-12(8-6-11)14(20)10-19-13-3-1-2-4-15(13)21-16(19)18/h1-8,14,18,20H,10H2. The molecule has 0 saturated carbocycles. The molecule has 5 heteroatoms. The smallest absolute Gasteiger partial charge is 0.183 e. The zero-order valence-electron chi connectivity index (χ0n) is 11.2. The number of aliphatic hydroxyl groups excluding tert-OH is 1. The van der Waals surface area contributed by atoms with Crippen LogP contribution < -0.4 is 4.80 Å². The number of fused-ring (bicyclic) bond motifs is 1. The molecule has 104 valence electrons. The predicted octanol–water partition coefficient (Wildman–Crippen LogP) is 2.79. The minimum atomic E-state index is -0.704. The first kappa shape index (κ1) is 13.6. The number of rotatable bonds is 3. The molecule has 0 radical (unpaired) electrons. The molecule has 0 fully saturated rings. The third kappa shape index (κ3) is 2.59. The highest BCUT2D eigenvalue weighted by atomic mass is 32.1. The normalized spacial score (nSPS) is 12.2. The molecule has 3 rings (SSSR count). The molecule has 0 spiro atoms. The van der Waals surface area contributed by atoms with Gasteiger partial charge in [0.1, 0.15) is 0 Å². The van der Waals surface area contributed by atoms with E-state index in [1.165, 1.54) is 11.3 Å². The van der Waals surface area contributed by atoms with Crippen LogP contribution in [0.25, 0.3) is 10.2 Å². The van der Waals surface area contributed by atoms with Gasteiger partial charge >= 0.3 is 0 Å². The van der Waals surface area contributed by atoms with Crippen molar-refractivity contribution < 1.29 is 5.11 Å². The van der Waals surface area contributed by atoms with Crippen LogP contribution in [-0.4, -0.2) is 9.67 Å². The molecule has 3 aromatic rings. The van der Waals surface area contributed by atoms with Crippen molar-refractivity contribution >= 4 is 21.6 Å². The van der Waals surface area contributed by atoms with Crippen LogP contribution >= 0.6 is 11.3 Å². The van der Waals surface area contributed by atoms with Gasteiger partial charge in [-0.1, -0.05) is 35.6 Å². The van der Waals surface area contributed by atoms with Crippen molar-refractivity contribution in [3.05, 3.63) is 64.5 Å². The summed E-state index contributed by atoms with van der Waals surface area (Å²) in [5.74, 6) is 0. The van der Waals surface area contributed by atoms with E-state index in [1.807, 2.05) is 28.8 Å². The van der Waals surface area contributed by atoms with E-state index in [2.05, 4.69) is 6.07 Å². The quantitative estimate of drug-likeness (QED) is 0.780. The molecule has 0 aliphatic heterocycles. The number of thiazole rings is 1. The minimum absolute atomic E-state index is 0.328. The van der Waals surface area contributed by atoms with E-state index in [0.29, 0.717) is 16.9 Å². The fourth-order valence-corrected chi connectivity index (χ4v) is 3.20. The number of nitrogens with zero attached hydrogens (tertiary/aromatic N) is 2. The molecule has 1 atom stereocenters. The Morgan fingerprint density at radius 1 is 1.19 bits per heavy atom. The maximum Gasteiger partial charge on any atom is 0.183 e. The highest BCUT2D eigenvalue weighted by molar-refractivity contribution is 7.16. The highest BCUT2D eigenvalue weighted by Gasteiger charge is 2.12. The van der Waals surface area contributed by atoms with Crippen molar-refractivity contribution in [1.29, 1.82) is 10.7 Å². The topological polar surface area (TPSA) is 72.8 Å². The van der Waals surface area contributed by atoms with Crippen molar-refractivity contribution in [3.8, 4) is 6.07 Å². The lowest BCUT2D eigenvalue weighted by Crippen LogP contribution is -2.18. The minimum Gasteiger partial charge on any atom is -0.387 e. The largest absolute Gasteiger partial charge is 0.387 e. The van der Waals surface area contributed by atoms with E-state index in [9.17, 15) is 5.11 Å². The fraction of sp³-hybridized carbons (Fsp3) is 0.125. The van der Waals surface area contributed by atoms with Crippen LogP contribution in [0.4, 0.5) is 0 Å². The van der Waals surface area contributed by atoms with Gasteiger partial charge in [-0.15, -0.1) is 0 Å². The number of para-hydroxylation sites is 1. The maximum absolute atomic E-state index is 10.4. The number of nitrogens with one attached hydrogen (secondary N) is 1. The molecule has 0 bridgehead atoms. The first-order valence-corrected chi connectivity index (χ1v) is 7.32. The first-order valence-electron chi connectivity index (χ1n) is 6.50. The lowest BCUT2D eigenvalue weighted by Gasteiger charge is -2.12. The van der Waals surface area contributed by atoms with Gasteiger partial charge in [0.2, 0.25) is 0 Å². The van der Waals surface area contributed by atoms with Gasteiger partial charge in [0.15, 0.2) is 4.80 Å². The highest BCUT2D eigenvalue weighted by Crippen LogP contribution is 2.21. The third-order valence-corrected chi connectivity index (χ3v) is 4.37. The van der Waals surface area contributed by atoms with E-state index in [4.69, 9.17) is 10.7 Å². The molecule has 1 heterocycles. The zero-order valence-corrected chi connectivity index (χ0v) is 12.0. The van der Waals surface area contributed by atoms with Gasteiger partial charge in [-0.05, 0) is 29.8 Å². The van der Waals surface area contributed by atoms with Gasteiger partial charge in [0, 0.05) is 0 Å². The molecular weight excluding hydrogens is 282 g/mol. The van der Waals surface area contributed by atoms with Crippen molar-refractivity contribution in [1.82, 2.24) is 4.57 Å². The molecule has 0 aliphatic rings. The van der Waals surface area contributed by atoms with E-state index in [1.54, 1.807) is 24.3 Å². The lowest BCUT2D eigenvalue weighted by molar-refractivity contribution is 0.157. The van der Waals surface area contributed by atoms with Crippen LogP contribution in [0.15, 0.2) is 48.5 Å². The van der Waals surface area contributed by atoms with E-state index in [0.717, 1.165) is 15.8 Å². The van der Waals surface area contributed by atoms with Crippen molar-refractivity contribution in [2.45, 2.75) is 12.6 Å². The van der Waals surface area contributed by atoms with Crippen LogP contribution in [0.2, 0.25) is 0 Å². The Bertz CT molecular complexity index is 871. The van der Waals surface area contributed by atoms with Crippen molar-refractivity contribution in [2.24, 2.45) is 0 Å². The molecular formula is C16H13N3OS. The van der Waals surface area contributed by atoms with Gasteiger partial charge < -0.3 is 9.67 Å². The van der Waals surface area contributed by atoms with Crippen LogP contribution in [0, 0.1) is 16.7 Å². The molecule has 2 N–H and O–H groups in total. The number of aliphatic hydroxyl groups is 1. The van der Waals surface area contributed by atoms with Crippen molar-refractivity contribution in [3.63, 3.8) is 0 Å². The summed E-state index contributed by atoms with van der Waals surface area (Å²) in [5, 5.41) is 27.2. The average Bonchev–Trinajstić information content (AvgIpc) is 2.83. The Kier molecular flexibility index (Phi) is 3.57. The molecule has 0 amide bonds. The average molecular weight is 295 g/mol. The van der Waals surface area contributed by atoms with Crippen LogP contribution in [0.3, 0.4) is 0 Å². The van der Waals surface area contributed by atoms with E-state index >= 15 is 0 Å². The maximum atomic E-state index is 10.4. The SMILES string of the molecule is N#Cc1ccc(C(O)Cn2c(=N)sc3ccccc32)cc1. The van der Waals surface area contributed by atoms with Gasteiger partial charge in [-0.2, -0.15) is 5.26 Å². The van der Waals surface area contributed by atoms with Gasteiger partial charge in [0.05, 0.1) is 34.5 Å². The van der Waals surface area contributed by atoms with E-state index < -0.39 is 6.10 Å². The third-order valence-electron chi connectivity index (χ3n) is 3.39. The van der Waals surface area contributed by atoms with Crippen molar-refractivity contribution in [2.75, 3.05) is 0 Å². The molecule has 0 aliphatic carbocycles. The Morgan fingerprint density at radius 2 is 1.90 bits per heavy atom. The number of hydrogen-bond donors (Lipinski definition) is 2. The molecule has 4 nitrogen and oxygen atoms in total. The Hall–Kier alpha value is -2.42. The number of benzene rings is 2. The molecule has 1 aromatic heterocycles. The number of hydrogen-bond acceptors (Lipinski definition) is 4. The molecule has 0 saturated heterocycles. The summed E-state index contributed by atoms with van der Waals surface area (Å²) in [6.07, 6.45) is -0.704. The Labute approximate surface area is 125 Å². The molecule has 1 unspecified atom stereocenters. The summed E-state index contributed by atoms with van der Waals surface area (Å²) >= 11 is 1.40. The van der Waals surface area contributed by atoms with Gasteiger partial charge in [-0.3, -0.25) is 5.41 Å². The summed E-state index contributed by atoms with van der Waals surface area (Å²) in [6, 6.07) is 16.7. The van der Waals surface area contributed by atoms with Crippen LogP contribution in [-0.2, 0) is 6.54 Å². The Balaban J connectivity index is 1.92. The summed E-state index contributed by atoms with van der Waals surface area (Å²) in [4.78, 5) is 0.420. The van der Waals surface area contributed by atoms with Crippen LogP contribution in [0.5, 0.6) is 0 Å². The summed E-state index contributed by atoms with van der Waals surface area (Å²) < 4.78 is 2.85. The summed E-state index contributed by atoms with van der Waals surface area (Å²) in [7, 11) is 0. The first-order chi connectivity index (χ1) is 10.2. The second kappa shape index (κ2) is 5.52. The predicted molar refractivity (Wildman–Crippen MR) is 81.8 cm³/mol. The fourth-order valence-electron chi connectivity index (χ4n) is 2.27. The number of nitriles is 1. The summed E-state index contributed by atoms with van der Waals surface area (Å²) in [5.41, 5.74) is 2.28. The lowest BCUT2D eigenvalue weighted by atomic mass is 10.1. The summed E-state index contributed by atoms with van der Waals surface area (Å²) in [6.45, 7) is 0.328. The Morgan fingerprint density at radius 3 is 2.62 bits per heavy atom.